The van der Waals surface area contributed by atoms with Crippen LogP contribution >= 0.6 is 11.6 Å². The van der Waals surface area contributed by atoms with Crippen molar-refractivity contribution in [2.45, 2.75) is 33.2 Å². The number of carbonyl (C=O) groups excluding carboxylic acids is 1. The molecule has 5 heteroatoms. The van der Waals surface area contributed by atoms with Crippen LogP contribution in [0.4, 0.5) is 11.4 Å². The summed E-state index contributed by atoms with van der Waals surface area (Å²) in [4.78, 5) is 11.7. The Morgan fingerprint density at radius 2 is 2.17 bits per heavy atom. The van der Waals surface area contributed by atoms with Crippen LogP contribution in [-0.2, 0) is 4.79 Å². The predicted octanol–water partition coefficient (Wildman–Crippen LogP) is 2.56. The Morgan fingerprint density at radius 3 is 2.78 bits per heavy atom. The fraction of sp³-hybridized carbons (Fsp3) is 0.462. The molecule has 0 heterocycles. The molecule has 1 aromatic rings. The number of hydrogen-bond donors (Lipinski definition) is 3. The first-order chi connectivity index (χ1) is 8.45. The van der Waals surface area contributed by atoms with Crippen LogP contribution in [-0.4, -0.2) is 18.5 Å². The molecule has 0 radical (unpaired) electrons. The lowest BCUT2D eigenvalue weighted by atomic mass is 10.1. The molecule has 0 bridgehead atoms. The third kappa shape index (κ3) is 3.81. The van der Waals surface area contributed by atoms with Gasteiger partial charge in [0, 0.05) is 12.2 Å². The Labute approximate surface area is 113 Å². The van der Waals surface area contributed by atoms with E-state index in [9.17, 15) is 4.79 Å². The number of carbonyl (C=O) groups is 1. The molecule has 1 rings (SSSR count). The molecule has 18 heavy (non-hydrogen) atoms. The zero-order valence-electron chi connectivity index (χ0n) is 11.0. The largest absolute Gasteiger partial charge is 0.398 e. The lowest BCUT2D eigenvalue weighted by Crippen LogP contribution is -2.38. The molecule has 1 atom stereocenters. The summed E-state index contributed by atoms with van der Waals surface area (Å²) in [7, 11) is 0. The van der Waals surface area contributed by atoms with Crippen LogP contribution in [0.2, 0.25) is 5.02 Å². The van der Waals surface area contributed by atoms with Crippen molar-refractivity contribution in [3.05, 3.63) is 22.7 Å². The summed E-state index contributed by atoms with van der Waals surface area (Å²) >= 11 is 5.97. The molecule has 0 fully saturated rings. The van der Waals surface area contributed by atoms with Gasteiger partial charge >= 0.3 is 0 Å². The van der Waals surface area contributed by atoms with Crippen LogP contribution in [0.1, 0.15) is 25.8 Å². The van der Waals surface area contributed by atoms with Gasteiger partial charge in [-0.05, 0) is 38.0 Å². The van der Waals surface area contributed by atoms with E-state index in [1.54, 1.807) is 12.1 Å². The summed E-state index contributed by atoms with van der Waals surface area (Å²) < 4.78 is 0. The van der Waals surface area contributed by atoms with Gasteiger partial charge in [-0.25, -0.2) is 0 Å². The molecule has 1 amide bonds. The van der Waals surface area contributed by atoms with E-state index < -0.39 is 0 Å². The highest BCUT2D eigenvalue weighted by atomic mass is 35.5. The topological polar surface area (TPSA) is 67.2 Å². The molecular formula is C13H20ClN3O. The molecule has 0 aliphatic heterocycles. The molecule has 4 nitrogen and oxygen atoms in total. The molecular weight excluding hydrogens is 250 g/mol. The molecule has 0 spiro atoms. The molecule has 0 saturated heterocycles. The summed E-state index contributed by atoms with van der Waals surface area (Å²) in [6.45, 7) is 6.44. The molecule has 0 saturated carbocycles. The van der Waals surface area contributed by atoms with Crippen LogP contribution in [0.5, 0.6) is 0 Å². The van der Waals surface area contributed by atoms with E-state index >= 15 is 0 Å². The first-order valence-corrected chi connectivity index (χ1v) is 6.43. The van der Waals surface area contributed by atoms with E-state index in [1.165, 1.54) is 0 Å². The van der Waals surface area contributed by atoms with Crippen molar-refractivity contribution in [3.8, 4) is 0 Å². The molecule has 1 unspecified atom stereocenters. The van der Waals surface area contributed by atoms with E-state index in [1.807, 2.05) is 20.8 Å². The van der Waals surface area contributed by atoms with Crippen molar-refractivity contribution in [1.82, 2.24) is 5.32 Å². The second-order valence-electron chi connectivity index (χ2n) is 4.35. The van der Waals surface area contributed by atoms with Gasteiger partial charge in [-0.2, -0.15) is 0 Å². The summed E-state index contributed by atoms with van der Waals surface area (Å²) in [6, 6.07) is 3.23. The number of benzene rings is 1. The van der Waals surface area contributed by atoms with E-state index in [-0.39, 0.29) is 11.9 Å². The number of hydrogen-bond acceptors (Lipinski definition) is 3. The van der Waals surface area contributed by atoms with Crippen LogP contribution in [0.15, 0.2) is 12.1 Å². The fourth-order valence-electron chi connectivity index (χ4n) is 1.56. The second kappa shape index (κ2) is 6.50. The summed E-state index contributed by atoms with van der Waals surface area (Å²) in [5.41, 5.74) is 8.04. The van der Waals surface area contributed by atoms with E-state index in [2.05, 4.69) is 10.6 Å². The minimum Gasteiger partial charge on any atom is -0.398 e. The van der Waals surface area contributed by atoms with Gasteiger partial charge in [-0.3, -0.25) is 4.79 Å². The third-order valence-electron chi connectivity index (χ3n) is 2.66. The number of rotatable bonds is 5. The van der Waals surface area contributed by atoms with Crippen molar-refractivity contribution in [2.75, 3.05) is 17.6 Å². The first kappa shape index (κ1) is 14.6. The molecule has 0 aliphatic carbocycles. The van der Waals surface area contributed by atoms with Crippen molar-refractivity contribution < 1.29 is 4.79 Å². The summed E-state index contributed by atoms with van der Waals surface area (Å²) in [5, 5.41) is 6.46. The number of nitrogen functional groups attached to an aromatic ring is 1. The van der Waals surface area contributed by atoms with E-state index in [0.29, 0.717) is 17.3 Å². The van der Waals surface area contributed by atoms with Crippen LogP contribution in [0.25, 0.3) is 0 Å². The van der Waals surface area contributed by atoms with Crippen molar-refractivity contribution in [3.63, 3.8) is 0 Å². The molecule has 100 valence electrons. The lowest BCUT2D eigenvalue weighted by molar-refractivity contribution is -0.121. The zero-order chi connectivity index (χ0) is 13.7. The van der Waals surface area contributed by atoms with Gasteiger partial charge in [0.1, 0.15) is 6.04 Å². The SMILES string of the molecule is CCCNC(=O)C(C)Nc1cc(Cl)c(N)cc1C. The molecule has 1 aromatic carbocycles. The summed E-state index contributed by atoms with van der Waals surface area (Å²) in [5.74, 6) is -0.0239. The Kier molecular flexibility index (Phi) is 5.28. The Morgan fingerprint density at radius 1 is 1.50 bits per heavy atom. The maximum atomic E-state index is 11.7. The number of nitrogens with one attached hydrogen (secondary N) is 2. The average Bonchev–Trinajstić information content (AvgIpc) is 2.32. The van der Waals surface area contributed by atoms with Gasteiger partial charge in [0.25, 0.3) is 0 Å². The minimum absolute atomic E-state index is 0.0239. The van der Waals surface area contributed by atoms with Crippen molar-refractivity contribution >= 4 is 28.9 Å². The fourth-order valence-corrected chi connectivity index (χ4v) is 1.72. The highest BCUT2D eigenvalue weighted by molar-refractivity contribution is 6.33. The normalized spacial score (nSPS) is 12.0. The molecule has 0 aliphatic rings. The van der Waals surface area contributed by atoms with Gasteiger partial charge in [0.2, 0.25) is 5.91 Å². The number of amides is 1. The highest BCUT2D eigenvalue weighted by Crippen LogP contribution is 2.27. The van der Waals surface area contributed by atoms with Crippen LogP contribution in [0, 0.1) is 6.92 Å². The van der Waals surface area contributed by atoms with Crippen molar-refractivity contribution in [1.29, 1.82) is 0 Å². The van der Waals surface area contributed by atoms with Gasteiger partial charge in [0.15, 0.2) is 0 Å². The molecule has 4 N–H and O–H groups in total. The Balaban J connectivity index is 2.72. The Bertz CT molecular complexity index is 434. The second-order valence-corrected chi connectivity index (χ2v) is 4.75. The van der Waals surface area contributed by atoms with Crippen LogP contribution in [0.3, 0.4) is 0 Å². The zero-order valence-corrected chi connectivity index (χ0v) is 11.8. The van der Waals surface area contributed by atoms with E-state index in [4.69, 9.17) is 17.3 Å². The number of nitrogens with two attached hydrogens (primary N) is 1. The average molecular weight is 270 g/mol. The van der Waals surface area contributed by atoms with Gasteiger partial charge in [-0.1, -0.05) is 18.5 Å². The number of aryl methyl sites for hydroxylation is 1. The van der Waals surface area contributed by atoms with Crippen molar-refractivity contribution in [2.24, 2.45) is 0 Å². The summed E-state index contributed by atoms with van der Waals surface area (Å²) in [6.07, 6.45) is 0.922. The van der Waals surface area contributed by atoms with Gasteiger partial charge < -0.3 is 16.4 Å². The Hall–Kier alpha value is -1.42. The highest BCUT2D eigenvalue weighted by Gasteiger charge is 2.13. The third-order valence-corrected chi connectivity index (χ3v) is 2.99. The lowest BCUT2D eigenvalue weighted by Gasteiger charge is -2.17. The minimum atomic E-state index is -0.310. The van der Waals surface area contributed by atoms with Gasteiger partial charge in [-0.15, -0.1) is 0 Å². The van der Waals surface area contributed by atoms with E-state index in [0.717, 1.165) is 17.7 Å². The smallest absolute Gasteiger partial charge is 0.242 e. The maximum Gasteiger partial charge on any atom is 0.242 e. The monoisotopic (exact) mass is 269 g/mol. The molecule has 0 aromatic heterocycles. The predicted molar refractivity (Wildman–Crippen MR) is 77.0 cm³/mol. The number of halogens is 1. The first-order valence-electron chi connectivity index (χ1n) is 6.05. The number of anilines is 2. The standard InChI is InChI=1S/C13H20ClN3O/c1-4-5-16-13(18)9(3)17-12-7-10(14)11(15)6-8(12)2/h6-7,9,17H,4-5,15H2,1-3H3,(H,16,18). The van der Waals surface area contributed by atoms with Gasteiger partial charge in [0.05, 0.1) is 10.7 Å². The quantitative estimate of drug-likeness (QED) is 0.720. The van der Waals surface area contributed by atoms with Crippen LogP contribution < -0.4 is 16.4 Å². The maximum absolute atomic E-state index is 11.7.